The maximum Gasteiger partial charge on any atom is 0.225 e. The average molecular weight is 261 g/mol. The molecule has 0 saturated carbocycles. The molecule has 0 saturated heterocycles. The first kappa shape index (κ1) is 14.1. The van der Waals surface area contributed by atoms with Crippen LogP contribution in [0.25, 0.3) is 0 Å². The highest BCUT2D eigenvalue weighted by Gasteiger charge is 2.25. The van der Waals surface area contributed by atoms with E-state index in [9.17, 15) is 9.90 Å². The molecule has 1 unspecified atom stereocenters. The zero-order valence-corrected chi connectivity index (χ0v) is 12.2. The maximum atomic E-state index is 12.0. The predicted octanol–water partition coefficient (Wildman–Crippen LogP) is 2.87. The molecule has 1 aliphatic rings. The van der Waals surface area contributed by atoms with Gasteiger partial charge in [0.05, 0.1) is 6.10 Å². The fourth-order valence-electron chi connectivity index (χ4n) is 2.50. The van der Waals surface area contributed by atoms with Crippen molar-refractivity contribution in [3.63, 3.8) is 0 Å². The van der Waals surface area contributed by atoms with Gasteiger partial charge in [-0.3, -0.25) is 4.79 Å². The number of carbonyl (C=O) groups excluding carboxylic acids is 1. The number of rotatable bonds is 3. The molecule has 3 nitrogen and oxygen atoms in total. The van der Waals surface area contributed by atoms with Gasteiger partial charge in [0.25, 0.3) is 0 Å². The zero-order chi connectivity index (χ0) is 14.2. The van der Waals surface area contributed by atoms with Crippen molar-refractivity contribution in [2.75, 3.05) is 0 Å². The Bertz CT molecular complexity index is 480. The first-order valence-electron chi connectivity index (χ1n) is 6.98. The number of aliphatic hydroxyl groups is 1. The van der Waals surface area contributed by atoms with Gasteiger partial charge in [-0.1, -0.05) is 45.9 Å². The van der Waals surface area contributed by atoms with Crippen molar-refractivity contribution in [3.8, 4) is 0 Å². The van der Waals surface area contributed by atoms with Crippen LogP contribution in [0.4, 0.5) is 0 Å². The van der Waals surface area contributed by atoms with Gasteiger partial charge in [0.2, 0.25) is 5.91 Å². The molecule has 1 heterocycles. The van der Waals surface area contributed by atoms with Crippen molar-refractivity contribution in [1.82, 2.24) is 4.90 Å². The fourth-order valence-corrected chi connectivity index (χ4v) is 2.50. The largest absolute Gasteiger partial charge is 0.388 e. The minimum Gasteiger partial charge on any atom is -0.388 e. The van der Waals surface area contributed by atoms with E-state index in [1.165, 1.54) is 11.1 Å². The molecule has 1 aliphatic heterocycles. The summed E-state index contributed by atoms with van der Waals surface area (Å²) < 4.78 is 0. The summed E-state index contributed by atoms with van der Waals surface area (Å²) in [6, 6.07) is 6.07. The SMILES string of the molecule is CC(C)C(=O)N1Cc2ccc(C(O)C(C)C)cc2C1. The second-order valence-corrected chi connectivity index (χ2v) is 6.07. The van der Waals surface area contributed by atoms with E-state index in [2.05, 4.69) is 0 Å². The number of nitrogens with zero attached hydrogens (tertiary/aromatic N) is 1. The summed E-state index contributed by atoms with van der Waals surface area (Å²) in [4.78, 5) is 13.9. The molecule has 2 rings (SSSR count). The van der Waals surface area contributed by atoms with Gasteiger partial charge in [0, 0.05) is 19.0 Å². The molecule has 104 valence electrons. The first-order chi connectivity index (χ1) is 8.90. The summed E-state index contributed by atoms with van der Waals surface area (Å²) in [5.41, 5.74) is 3.33. The van der Waals surface area contributed by atoms with Crippen molar-refractivity contribution in [2.45, 2.75) is 46.9 Å². The van der Waals surface area contributed by atoms with Crippen molar-refractivity contribution in [3.05, 3.63) is 34.9 Å². The van der Waals surface area contributed by atoms with Gasteiger partial charge < -0.3 is 10.0 Å². The Balaban J connectivity index is 2.18. The van der Waals surface area contributed by atoms with Gasteiger partial charge in [-0.05, 0) is 22.6 Å². The summed E-state index contributed by atoms with van der Waals surface area (Å²) in [7, 11) is 0. The van der Waals surface area contributed by atoms with E-state index < -0.39 is 6.10 Å². The third-order valence-electron chi connectivity index (χ3n) is 3.73. The minimum atomic E-state index is -0.430. The first-order valence-corrected chi connectivity index (χ1v) is 6.98. The van der Waals surface area contributed by atoms with Crippen LogP contribution in [0, 0.1) is 11.8 Å². The summed E-state index contributed by atoms with van der Waals surface area (Å²) in [6.45, 7) is 9.24. The third-order valence-corrected chi connectivity index (χ3v) is 3.73. The van der Waals surface area contributed by atoms with Crippen LogP contribution in [0.1, 0.15) is 50.5 Å². The molecule has 0 radical (unpaired) electrons. The lowest BCUT2D eigenvalue weighted by atomic mass is 9.96. The monoisotopic (exact) mass is 261 g/mol. The number of carbonyl (C=O) groups is 1. The molecule has 19 heavy (non-hydrogen) atoms. The predicted molar refractivity (Wildman–Crippen MR) is 75.3 cm³/mol. The third kappa shape index (κ3) is 2.81. The molecule has 0 spiro atoms. The summed E-state index contributed by atoms with van der Waals surface area (Å²) in [5.74, 6) is 0.435. The Morgan fingerprint density at radius 1 is 1.16 bits per heavy atom. The van der Waals surface area contributed by atoms with E-state index in [1.54, 1.807) is 0 Å². The molecule has 0 aromatic heterocycles. The second kappa shape index (κ2) is 5.33. The fraction of sp³-hybridized carbons (Fsp3) is 0.562. The van der Waals surface area contributed by atoms with Crippen LogP contribution in [0.15, 0.2) is 18.2 Å². The van der Waals surface area contributed by atoms with Crippen LogP contribution in [0.2, 0.25) is 0 Å². The van der Waals surface area contributed by atoms with E-state index in [0.717, 1.165) is 5.56 Å². The van der Waals surface area contributed by atoms with Crippen molar-refractivity contribution >= 4 is 5.91 Å². The highest BCUT2D eigenvalue weighted by Crippen LogP contribution is 2.29. The quantitative estimate of drug-likeness (QED) is 0.909. The normalized spacial score (nSPS) is 16.1. The number of benzene rings is 1. The molecule has 0 aliphatic carbocycles. The second-order valence-electron chi connectivity index (χ2n) is 6.07. The molecule has 1 aromatic rings. The molecule has 0 bridgehead atoms. The smallest absolute Gasteiger partial charge is 0.225 e. The molecule has 3 heteroatoms. The van der Waals surface area contributed by atoms with Crippen LogP contribution in [-0.2, 0) is 17.9 Å². The van der Waals surface area contributed by atoms with Gasteiger partial charge >= 0.3 is 0 Å². The highest BCUT2D eigenvalue weighted by atomic mass is 16.3. The van der Waals surface area contributed by atoms with Crippen molar-refractivity contribution in [1.29, 1.82) is 0 Å². The lowest BCUT2D eigenvalue weighted by Gasteiger charge is -2.17. The molecule has 0 fully saturated rings. The zero-order valence-electron chi connectivity index (χ0n) is 12.2. The van der Waals surface area contributed by atoms with Crippen LogP contribution in [0.3, 0.4) is 0 Å². The number of amides is 1. The number of aliphatic hydroxyl groups excluding tert-OH is 1. The highest BCUT2D eigenvalue weighted by molar-refractivity contribution is 5.78. The van der Waals surface area contributed by atoms with E-state index in [1.807, 2.05) is 50.8 Å². The van der Waals surface area contributed by atoms with E-state index in [0.29, 0.717) is 13.1 Å². The Kier molecular flexibility index (Phi) is 3.95. The average Bonchev–Trinajstić information content (AvgIpc) is 2.78. The van der Waals surface area contributed by atoms with Crippen molar-refractivity contribution < 1.29 is 9.90 Å². The van der Waals surface area contributed by atoms with E-state index >= 15 is 0 Å². The van der Waals surface area contributed by atoms with Gasteiger partial charge in [-0.25, -0.2) is 0 Å². The van der Waals surface area contributed by atoms with Crippen LogP contribution in [-0.4, -0.2) is 15.9 Å². The maximum absolute atomic E-state index is 12.0. The topological polar surface area (TPSA) is 40.5 Å². The summed E-state index contributed by atoms with van der Waals surface area (Å²) in [6.07, 6.45) is -0.430. The summed E-state index contributed by atoms with van der Waals surface area (Å²) in [5, 5.41) is 10.1. The molecular formula is C16H23NO2. The lowest BCUT2D eigenvalue weighted by molar-refractivity contribution is -0.135. The van der Waals surface area contributed by atoms with Gasteiger partial charge in [0.1, 0.15) is 0 Å². The molecule has 1 amide bonds. The Hall–Kier alpha value is -1.35. The summed E-state index contributed by atoms with van der Waals surface area (Å²) >= 11 is 0. The molecule has 1 atom stereocenters. The Labute approximate surface area is 115 Å². The van der Waals surface area contributed by atoms with E-state index in [-0.39, 0.29) is 17.7 Å². The minimum absolute atomic E-state index is 0.0371. The Morgan fingerprint density at radius 3 is 2.37 bits per heavy atom. The van der Waals surface area contributed by atoms with Crippen LogP contribution < -0.4 is 0 Å². The standard InChI is InChI=1S/C16H23NO2/c1-10(2)15(18)12-5-6-13-8-17(9-14(13)7-12)16(19)11(3)4/h5-7,10-11,15,18H,8-9H2,1-4H3. The number of fused-ring (bicyclic) bond motifs is 1. The van der Waals surface area contributed by atoms with Gasteiger partial charge in [0.15, 0.2) is 0 Å². The van der Waals surface area contributed by atoms with Crippen LogP contribution in [0.5, 0.6) is 0 Å². The van der Waals surface area contributed by atoms with Gasteiger partial charge in [-0.15, -0.1) is 0 Å². The number of hydrogen-bond donors (Lipinski definition) is 1. The molecule has 1 aromatic carbocycles. The van der Waals surface area contributed by atoms with Gasteiger partial charge in [-0.2, -0.15) is 0 Å². The van der Waals surface area contributed by atoms with Crippen LogP contribution >= 0.6 is 0 Å². The molecular weight excluding hydrogens is 238 g/mol. The van der Waals surface area contributed by atoms with E-state index in [4.69, 9.17) is 0 Å². The lowest BCUT2D eigenvalue weighted by Crippen LogP contribution is -2.29. The molecule has 1 N–H and O–H groups in total. The van der Waals surface area contributed by atoms with Crippen molar-refractivity contribution in [2.24, 2.45) is 11.8 Å². The Morgan fingerprint density at radius 2 is 1.79 bits per heavy atom. The number of hydrogen-bond acceptors (Lipinski definition) is 2.